The van der Waals surface area contributed by atoms with E-state index in [9.17, 15) is 9.18 Å². The van der Waals surface area contributed by atoms with Crippen LogP contribution in [0.3, 0.4) is 0 Å². The molecule has 0 amide bonds. The minimum atomic E-state index is -0.819. The summed E-state index contributed by atoms with van der Waals surface area (Å²) in [5.74, 6) is 0.113. The van der Waals surface area contributed by atoms with Gasteiger partial charge in [0.2, 0.25) is 0 Å². The summed E-state index contributed by atoms with van der Waals surface area (Å²) in [5, 5.41) is 9.07. The van der Waals surface area contributed by atoms with Crippen LogP contribution in [0.25, 0.3) is 16.7 Å². The summed E-state index contributed by atoms with van der Waals surface area (Å²) in [6, 6.07) is 18.4. The third-order valence-electron chi connectivity index (χ3n) is 6.25. The Hall–Kier alpha value is -3.60. The Morgan fingerprint density at radius 1 is 1.03 bits per heavy atom. The quantitative estimate of drug-likeness (QED) is 0.366. The number of halogens is 1. The number of ether oxygens (including phenoxy) is 2. The zero-order chi connectivity index (χ0) is 24.1. The van der Waals surface area contributed by atoms with Crippen LogP contribution in [0, 0.1) is 5.82 Å². The molecule has 0 fully saturated rings. The monoisotopic (exact) mass is 460 g/mol. The SMILES string of the molecule is COc1ccc(F)c(-c2ccc(COc3cccc([C@H](C)CC(=O)O)c3)cc2C2=CCCC2)c1. The van der Waals surface area contributed by atoms with Crippen molar-refractivity contribution in [1.82, 2.24) is 0 Å². The molecule has 3 aromatic carbocycles. The summed E-state index contributed by atoms with van der Waals surface area (Å²) < 4.78 is 26.1. The number of allylic oxidation sites excluding steroid dienone is 2. The van der Waals surface area contributed by atoms with Gasteiger partial charge >= 0.3 is 5.97 Å². The highest BCUT2D eigenvalue weighted by molar-refractivity contribution is 5.83. The van der Waals surface area contributed by atoms with Crippen LogP contribution >= 0.6 is 0 Å². The standard InChI is InChI=1S/C29H29FO4/c1-19(14-29(31)32)22-8-5-9-24(16-22)34-18-20-10-12-25(26(15-20)21-6-3-4-7-21)27-17-23(33-2)11-13-28(27)30/h5-6,8-13,15-17,19H,3-4,7,14,18H2,1-2H3,(H,31,32)/t19-/m1/s1. The fourth-order valence-corrected chi connectivity index (χ4v) is 4.39. The van der Waals surface area contributed by atoms with Crippen molar-refractivity contribution in [3.63, 3.8) is 0 Å². The van der Waals surface area contributed by atoms with Crippen LogP contribution in [0.1, 0.15) is 55.2 Å². The predicted octanol–water partition coefficient (Wildman–Crippen LogP) is 7.23. The molecule has 4 rings (SSSR count). The van der Waals surface area contributed by atoms with Crippen molar-refractivity contribution < 1.29 is 23.8 Å². The van der Waals surface area contributed by atoms with Gasteiger partial charge in [-0.15, -0.1) is 0 Å². The molecule has 5 heteroatoms. The van der Waals surface area contributed by atoms with E-state index in [1.54, 1.807) is 19.2 Å². The lowest BCUT2D eigenvalue weighted by Crippen LogP contribution is -2.03. The molecule has 0 bridgehead atoms. The largest absolute Gasteiger partial charge is 0.497 e. The van der Waals surface area contributed by atoms with Gasteiger partial charge < -0.3 is 14.6 Å². The Labute approximate surface area is 199 Å². The van der Waals surface area contributed by atoms with Gasteiger partial charge in [-0.05, 0) is 89.4 Å². The smallest absolute Gasteiger partial charge is 0.303 e. The van der Waals surface area contributed by atoms with Crippen LogP contribution in [-0.4, -0.2) is 18.2 Å². The highest BCUT2D eigenvalue weighted by Gasteiger charge is 2.17. The first-order chi connectivity index (χ1) is 16.4. The fourth-order valence-electron chi connectivity index (χ4n) is 4.39. The number of carbonyl (C=O) groups is 1. The lowest BCUT2D eigenvalue weighted by Gasteiger charge is -2.16. The van der Waals surface area contributed by atoms with Crippen molar-refractivity contribution in [2.45, 2.75) is 45.1 Å². The van der Waals surface area contributed by atoms with E-state index in [0.717, 1.165) is 41.5 Å². The van der Waals surface area contributed by atoms with Gasteiger partial charge in [-0.25, -0.2) is 4.39 Å². The Kier molecular flexibility index (Phi) is 7.31. The molecule has 0 saturated carbocycles. The molecule has 0 heterocycles. The highest BCUT2D eigenvalue weighted by Crippen LogP contribution is 2.38. The molecule has 3 aromatic rings. The molecule has 1 N–H and O–H groups in total. The maximum Gasteiger partial charge on any atom is 0.303 e. The summed E-state index contributed by atoms with van der Waals surface area (Å²) in [5.41, 5.74) is 5.53. The van der Waals surface area contributed by atoms with Crippen molar-refractivity contribution in [2.75, 3.05) is 7.11 Å². The van der Waals surface area contributed by atoms with E-state index in [1.165, 1.54) is 11.6 Å². The van der Waals surface area contributed by atoms with Crippen molar-refractivity contribution in [3.8, 4) is 22.6 Å². The first kappa shape index (κ1) is 23.6. The van der Waals surface area contributed by atoms with Gasteiger partial charge in [0.25, 0.3) is 0 Å². The molecule has 0 aliphatic heterocycles. The van der Waals surface area contributed by atoms with Crippen LogP contribution in [0.2, 0.25) is 0 Å². The predicted molar refractivity (Wildman–Crippen MR) is 132 cm³/mol. The van der Waals surface area contributed by atoms with E-state index in [1.807, 2.05) is 43.3 Å². The minimum Gasteiger partial charge on any atom is -0.497 e. The van der Waals surface area contributed by atoms with Crippen LogP contribution in [0.5, 0.6) is 11.5 Å². The van der Waals surface area contributed by atoms with Crippen LogP contribution in [0.15, 0.2) is 66.7 Å². The second kappa shape index (κ2) is 10.6. The van der Waals surface area contributed by atoms with E-state index in [0.29, 0.717) is 23.7 Å². The number of rotatable bonds is 9. The number of hydrogen-bond acceptors (Lipinski definition) is 3. The minimum absolute atomic E-state index is 0.0736. The molecular formula is C29H29FO4. The lowest BCUT2D eigenvalue weighted by molar-refractivity contribution is -0.137. The number of hydrogen-bond donors (Lipinski definition) is 1. The second-order valence-electron chi connectivity index (χ2n) is 8.71. The van der Waals surface area contributed by atoms with E-state index < -0.39 is 5.97 Å². The first-order valence-corrected chi connectivity index (χ1v) is 11.6. The number of carboxylic acids is 1. The molecule has 4 nitrogen and oxygen atoms in total. The van der Waals surface area contributed by atoms with Crippen molar-refractivity contribution in [1.29, 1.82) is 0 Å². The van der Waals surface area contributed by atoms with Gasteiger partial charge in [-0.3, -0.25) is 4.79 Å². The Morgan fingerprint density at radius 2 is 1.88 bits per heavy atom. The molecule has 1 atom stereocenters. The molecule has 0 spiro atoms. The van der Waals surface area contributed by atoms with Gasteiger partial charge in [0, 0.05) is 5.56 Å². The molecule has 0 radical (unpaired) electrons. The number of carboxylic acid groups (broad SMARTS) is 1. The summed E-state index contributed by atoms with van der Waals surface area (Å²) in [7, 11) is 1.58. The Balaban J connectivity index is 1.60. The average Bonchev–Trinajstić information content (AvgIpc) is 3.38. The summed E-state index contributed by atoms with van der Waals surface area (Å²) in [4.78, 5) is 11.0. The summed E-state index contributed by atoms with van der Waals surface area (Å²) >= 11 is 0. The number of benzene rings is 3. The molecule has 0 unspecified atom stereocenters. The summed E-state index contributed by atoms with van der Waals surface area (Å²) in [6.07, 6.45) is 5.39. The van der Waals surface area contributed by atoms with E-state index in [2.05, 4.69) is 12.1 Å². The van der Waals surface area contributed by atoms with Gasteiger partial charge in [-0.1, -0.05) is 37.3 Å². The maximum atomic E-state index is 14.8. The Morgan fingerprint density at radius 3 is 2.62 bits per heavy atom. The normalized spacial score (nSPS) is 13.9. The fraction of sp³-hybridized carbons (Fsp3) is 0.276. The van der Waals surface area contributed by atoms with Gasteiger partial charge in [-0.2, -0.15) is 0 Å². The van der Waals surface area contributed by atoms with E-state index in [-0.39, 0.29) is 18.2 Å². The lowest BCUT2D eigenvalue weighted by atomic mass is 9.92. The maximum absolute atomic E-state index is 14.8. The average molecular weight is 461 g/mol. The van der Waals surface area contributed by atoms with Crippen LogP contribution in [-0.2, 0) is 11.4 Å². The molecule has 0 saturated heterocycles. The molecule has 1 aliphatic rings. The molecule has 176 valence electrons. The number of methoxy groups -OCH3 is 1. The van der Waals surface area contributed by atoms with E-state index in [4.69, 9.17) is 14.6 Å². The van der Waals surface area contributed by atoms with Crippen molar-refractivity contribution in [2.24, 2.45) is 0 Å². The molecule has 0 aromatic heterocycles. The first-order valence-electron chi connectivity index (χ1n) is 11.6. The summed E-state index contributed by atoms with van der Waals surface area (Å²) in [6.45, 7) is 2.25. The van der Waals surface area contributed by atoms with Crippen LogP contribution in [0.4, 0.5) is 4.39 Å². The van der Waals surface area contributed by atoms with Gasteiger partial charge in [0.1, 0.15) is 23.9 Å². The van der Waals surface area contributed by atoms with Crippen molar-refractivity contribution in [3.05, 3.63) is 89.2 Å². The van der Waals surface area contributed by atoms with E-state index >= 15 is 0 Å². The molecule has 34 heavy (non-hydrogen) atoms. The van der Waals surface area contributed by atoms with Gasteiger partial charge in [0.15, 0.2) is 0 Å². The third-order valence-corrected chi connectivity index (χ3v) is 6.25. The van der Waals surface area contributed by atoms with Crippen molar-refractivity contribution >= 4 is 11.5 Å². The van der Waals surface area contributed by atoms with Crippen LogP contribution < -0.4 is 9.47 Å². The topological polar surface area (TPSA) is 55.8 Å². The number of aliphatic carboxylic acids is 1. The Bertz CT molecular complexity index is 1210. The zero-order valence-electron chi connectivity index (χ0n) is 19.5. The molecular weight excluding hydrogens is 431 g/mol. The van der Waals surface area contributed by atoms with Gasteiger partial charge in [0.05, 0.1) is 13.5 Å². The highest BCUT2D eigenvalue weighted by atomic mass is 19.1. The third kappa shape index (κ3) is 5.48. The zero-order valence-corrected chi connectivity index (χ0v) is 19.5. The molecule has 1 aliphatic carbocycles. The second-order valence-corrected chi connectivity index (χ2v) is 8.71.